The number of hydrogen-bond acceptors (Lipinski definition) is 3. The summed E-state index contributed by atoms with van der Waals surface area (Å²) >= 11 is 5.79. The van der Waals surface area contributed by atoms with E-state index in [9.17, 15) is 9.59 Å². The molecule has 0 saturated carbocycles. The lowest BCUT2D eigenvalue weighted by molar-refractivity contribution is -0.121. The summed E-state index contributed by atoms with van der Waals surface area (Å²) in [5.74, 6) is 0.00948. The Morgan fingerprint density at radius 2 is 1.67 bits per heavy atom. The van der Waals surface area contributed by atoms with Crippen molar-refractivity contribution in [1.82, 2.24) is 10.9 Å². The predicted octanol–water partition coefficient (Wildman–Crippen LogP) is 3.13. The van der Waals surface area contributed by atoms with E-state index in [2.05, 4.69) is 10.9 Å². The monoisotopic (exact) mass is 346 g/mol. The molecule has 0 aliphatic rings. The van der Waals surface area contributed by atoms with Crippen LogP contribution >= 0.6 is 11.6 Å². The van der Waals surface area contributed by atoms with Gasteiger partial charge in [-0.25, -0.2) is 0 Å². The Kier molecular flexibility index (Phi) is 6.63. The van der Waals surface area contributed by atoms with Crippen LogP contribution in [0.5, 0.6) is 5.75 Å². The van der Waals surface area contributed by atoms with Gasteiger partial charge in [0, 0.05) is 10.6 Å². The lowest BCUT2D eigenvalue weighted by Crippen LogP contribution is -2.42. The zero-order chi connectivity index (χ0) is 17.4. The molecule has 0 aromatic heterocycles. The molecule has 6 heteroatoms. The summed E-state index contributed by atoms with van der Waals surface area (Å²) < 4.78 is 5.45. The third kappa shape index (κ3) is 5.59. The highest BCUT2D eigenvalue weighted by atomic mass is 35.5. The van der Waals surface area contributed by atoms with Crippen molar-refractivity contribution >= 4 is 23.4 Å². The minimum absolute atomic E-state index is 0.154. The second-order valence-electron chi connectivity index (χ2n) is 5.18. The van der Waals surface area contributed by atoms with E-state index in [-0.39, 0.29) is 18.2 Å². The number of amides is 2. The van der Waals surface area contributed by atoms with Gasteiger partial charge in [0.2, 0.25) is 5.91 Å². The molecule has 0 heterocycles. The normalized spacial score (nSPS) is 10.1. The number of hydrogen-bond donors (Lipinski definition) is 2. The molecule has 2 aromatic carbocycles. The number of nitrogens with one attached hydrogen (secondary N) is 2. The number of benzene rings is 2. The Morgan fingerprint density at radius 1 is 1.00 bits per heavy atom. The van der Waals surface area contributed by atoms with Crippen LogP contribution in [0.25, 0.3) is 0 Å². The number of halogens is 1. The average molecular weight is 347 g/mol. The van der Waals surface area contributed by atoms with E-state index < -0.39 is 0 Å². The predicted molar refractivity (Wildman–Crippen MR) is 93.0 cm³/mol. The lowest BCUT2D eigenvalue weighted by atomic mass is 10.1. The highest BCUT2D eigenvalue weighted by Gasteiger charge is 2.08. The fraction of sp³-hybridized carbons (Fsp3) is 0.222. The molecule has 0 unspecified atom stereocenters. The van der Waals surface area contributed by atoms with Gasteiger partial charge in [-0.15, -0.1) is 0 Å². The molecular formula is C18H19ClN2O3. The average Bonchev–Trinajstić information content (AvgIpc) is 2.60. The van der Waals surface area contributed by atoms with Crippen LogP contribution in [-0.4, -0.2) is 18.4 Å². The molecule has 0 bridgehead atoms. The highest BCUT2D eigenvalue weighted by molar-refractivity contribution is 6.30. The molecule has 0 aliphatic carbocycles. The molecular weight excluding hydrogens is 328 g/mol. The van der Waals surface area contributed by atoms with Gasteiger partial charge in [0.05, 0.1) is 13.0 Å². The third-order valence-electron chi connectivity index (χ3n) is 3.18. The topological polar surface area (TPSA) is 67.4 Å². The second kappa shape index (κ2) is 8.93. The molecule has 0 spiro atoms. The van der Waals surface area contributed by atoms with E-state index in [1.54, 1.807) is 48.5 Å². The van der Waals surface area contributed by atoms with Crippen molar-refractivity contribution in [2.75, 3.05) is 6.61 Å². The van der Waals surface area contributed by atoms with Crippen LogP contribution in [0.2, 0.25) is 5.02 Å². The molecule has 24 heavy (non-hydrogen) atoms. The van der Waals surface area contributed by atoms with Gasteiger partial charge in [-0.1, -0.05) is 30.7 Å². The van der Waals surface area contributed by atoms with Crippen molar-refractivity contribution in [3.05, 3.63) is 64.7 Å². The van der Waals surface area contributed by atoms with Gasteiger partial charge >= 0.3 is 0 Å². The number of hydrazine groups is 1. The Labute approximate surface area is 145 Å². The summed E-state index contributed by atoms with van der Waals surface area (Å²) in [7, 11) is 0. The SMILES string of the molecule is CCCOc1ccc(C(=O)NNC(=O)Cc2ccc(Cl)cc2)cc1. The number of rotatable bonds is 6. The maximum atomic E-state index is 12.0. The van der Waals surface area contributed by atoms with Crippen LogP contribution < -0.4 is 15.6 Å². The lowest BCUT2D eigenvalue weighted by Gasteiger charge is -2.09. The van der Waals surface area contributed by atoms with Crippen molar-refractivity contribution < 1.29 is 14.3 Å². The van der Waals surface area contributed by atoms with Crippen LogP contribution in [-0.2, 0) is 11.2 Å². The van der Waals surface area contributed by atoms with E-state index in [4.69, 9.17) is 16.3 Å². The third-order valence-corrected chi connectivity index (χ3v) is 3.43. The van der Waals surface area contributed by atoms with Gasteiger partial charge in [0.25, 0.3) is 5.91 Å². The summed E-state index contributed by atoms with van der Waals surface area (Å²) in [6.07, 6.45) is 1.07. The molecule has 5 nitrogen and oxygen atoms in total. The molecule has 0 atom stereocenters. The minimum Gasteiger partial charge on any atom is -0.494 e. The molecule has 126 valence electrons. The van der Waals surface area contributed by atoms with Gasteiger partial charge in [-0.05, 0) is 48.4 Å². The standard InChI is InChI=1S/C18H19ClN2O3/c1-2-11-24-16-9-5-14(6-10-16)18(23)21-20-17(22)12-13-3-7-15(19)8-4-13/h3-10H,2,11-12H2,1H3,(H,20,22)(H,21,23). The van der Waals surface area contributed by atoms with Crippen LogP contribution in [0.15, 0.2) is 48.5 Å². The van der Waals surface area contributed by atoms with Crippen molar-refractivity contribution in [1.29, 1.82) is 0 Å². The molecule has 0 saturated heterocycles. The smallest absolute Gasteiger partial charge is 0.269 e. The zero-order valence-corrected chi connectivity index (χ0v) is 14.1. The quantitative estimate of drug-likeness (QED) is 0.790. The number of carbonyl (C=O) groups is 2. The molecule has 2 aromatic rings. The second-order valence-corrected chi connectivity index (χ2v) is 5.61. The Balaban J connectivity index is 1.81. The molecule has 2 amide bonds. The van der Waals surface area contributed by atoms with Gasteiger partial charge in [0.15, 0.2) is 0 Å². The van der Waals surface area contributed by atoms with Gasteiger partial charge in [0.1, 0.15) is 5.75 Å². The summed E-state index contributed by atoms with van der Waals surface area (Å²) in [6.45, 7) is 2.65. The van der Waals surface area contributed by atoms with Gasteiger partial charge in [-0.3, -0.25) is 20.4 Å². The molecule has 0 radical (unpaired) electrons. The first-order valence-corrected chi connectivity index (χ1v) is 8.02. The fourth-order valence-corrected chi connectivity index (χ4v) is 2.08. The maximum Gasteiger partial charge on any atom is 0.269 e. The Hall–Kier alpha value is -2.53. The van der Waals surface area contributed by atoms with Crippen molar-refractivity contribution in [3.8, 4) is 5.75 Å². The first kappa shape index (κ1) is 17.8. The Bertz CT molecular complexity index is 684. The fourth-order valence-electron chi connectivity index (χ4n) is 1.95. The Morgan fingerprint density at radius 3 is 2.29 bits per heavy atom. The van der Waals surface area contributed by atoms with Crippen molar-refractivity contribution in [3.63, 3.8) is 0 Å². The summed E-state index contributed by atoms with van der Waals surface area (Å²) in [6, 6.07) is 13.7. The van der Waals surface area contributed by atoms with Crippen LogP contribution in [0.3, 0.4) is 0 Å². The molecule has 2 N–H and O–H groups in total. The van der Waals surface area contributed by atoms with Crippen LogP contribution in [0.1, 0.15) is 29.3 Å². The van der Waals surface area contributed by atoms with Crippen molar-refractivity contribution in [2.24, 2.45) is 0 Å². The van der Waals surface area contributed by atoms with E-state index in [0.29, 0.717) is 22.9 Å². The summed E-state index contributed by atoms with van der Waals surface area (Å²) in [5.41, 5.74) is 6.02. The van der Waals surface area contributed by atoms with Gasteiger partial charge in [-0.2, -0.15) is 0 Å². The van der Waals surface area contributed by atoms with E-state index in [1.807, 2.05) is 6.92 Å². The highest BCUT2D eigenvalue weighted by Crippen LogP contribution is 2.12. The van der Waals surface area contributed by atoms with Crippen LogP contribution in [0, 0.1) is 0 Å². The van der Waals surface area contributed by atoms with Crippen LogP contribution in [0.4, 0.5) is 0 Å². The van der Waals surface area contributed by atoms with E-state index in [1.165, 1.54) is 0 Å². The van der Waals surface area contributed by atoms with E-state index in [0.717, 1.165) is 12.0 Å². The molecule has 0 aliphatic heterocycles. The first-order valence-electron chi connectivity index (χ1n) is 7.65. The maximum absolute atomic E-state index is 12.0. The molecule has 0 fully saturated rings. The summed E-state index contributed by atoms with van der Waals surface area (Å²) in [5, 5.41) is 0.610. The molecule has 2 rings (SSSR count). The number of ether oxygens (including phenoxy) is 1. The first-order chi connectivity index (χ1) is 11.6. The zero-order valence-electron chi connectivity index (χ0n) is 13.3. The van der Waals surface area contributed by atoms with E-state index >= 15 is 0 Å². The minimum atomic E-state index is -0.388. The van der Waals surface area contributed by atoms with Gasteiger partial charge < -0.3 is 4.74 Å². The summed E-state index contributed by atoms with van der Waals surface area (Å²) in [4.78, 5) is 23.8. The van der Waals surface area contributed by atoms with Crippen molar-refractivity contribution in [2.45, 2.75) is 19.8 Å². The largest absolute Gasteiger partial charge is 0.494 e. The number of carbonyl (C=O) groups excluding carboxylic acids is 2.